The quantitative estimate of drug-likeness (QED) is 0.547. The van der Waals surface area contributed by atoms with Gasteiger partial charge in [-0.1, -0.05) is 39.3 Å². The predicted molar refractivity (Wildman–Crippen MR) is 98.9 cm³/mol. The Morgan fingerprint density at radius 3 is 2.72 bits per heavy atom. The van der Waals surface area contributed by atoms with Gasteiger partial charge in [0.25, 0.3) is 0 Å². The van der Waals surface area contributed by atoms with Crippen molar-refractivity contribution in [1.29, 1.82) is 0 Å². The van der Waals surface area contributed by atoms with Gasteiger partial charge in [-0.05, 0) is 56.4 Å². The van der Waals surface area contributed by atoms with Crippen molar-refractivity contribution >= 4 is 5.97 Å². The van der Waals surface area contributed by atoms with Gasteiger partial charge in [-0.3, -0.25) is 0 Å². The minimum Gasteiger partial charge on any atom is -0.429 e. The van der Waals surface area contributed by atoms with Gasteiger partial charge in [0, 0.05) is 18.6 Å². The van der Waals surface area contributed by atoms with Crippen LogP contribution in [0.25, 0.3) is 0 Å². The maximum absolute atomic E-state index is 11.7. The van der Waals surface area contributed by atoms with E-state index < -0.39 is 11.9 Å². The molecule has 0 spiro atoms. The summed E-state index contributed by atoms with van der Waals surface area (Å²) in [5.41, 5.74) is 0.233. The maximum Gasteiger partial charge on any atom is 0.336 e. The van der Waals surface area contributed by atoms with Crippen molar-refractivity contribution in [3.8, 4) is 0 Å². The molecule has 0 unspecified atom stereocenters. The van der Waals surface area contributed by atoms with Crippen LogP contribution < -0.4 is 0 Å². The molecule has 1 fully saturated rings. The van der Waals surface area contributed by atoms with Crippen molar-refractivity contribution in [3.05, 3.63) is 23.8 Å². The van der Waals surface area contributed by atoms with Crippen LogP contribution in [0.3, 0.4) is 0 Å². The summed E-state index contributed by atoms with van der Waals surface area (Å²) in [6, 6.07) is 0. The molecule has 0 saturated heterocycles. The first-order valence-electron chi connectivity index (χ1n) is 9.51. The Bertz CT molecular complexity index is 514. The van der Waals surface area contributed by atoms with E-state index in [-0.39, 0.29) is 17.3 Å². The fraction of sp³-hybridized carbons (Fsp3) is 0.762. The molecule has 4 nitrogen and oxygen atoms in total. The lowest BCUT2D eigenvalue weighted by Gasteiger charge is -2.46. The summed E-state index contributed by atoms with van der Waals surface area (Å²) in [6.45, 7) is 8.67. The number of hydrogen-bond donors (Lipinski definition) is 1. The fourth-order valence-corrected chi connectivity index (χ4v) is 4.28. The molecular formula is C21H34O4. The zero-order valence-corrected chi connectivity index (χ0v) is 16.4. The second kappa shape index (κ2) is 8.05. The molecule has 4 heteroatoms. The van der Waals surface area contributed by atoms with Gasteiger partial charge in [0.2, 0.25) is 6.29 Å². The lowest BCUT2D eigenvalue weighted by molar-refractivity contribution is -0.155. The summed E-state index contributed by atoms with van der Waals surface area (Å²) in [7, 11) is 1.53. The highest BCUT2D eigenvalue weighted by atomic mass is 16.7. The number of carbonyl (C=O) groups is 1. The van der Waals surface area contributed by atoms with Gasteiger partial charge in [-0.15, -0.1) is 0 Å². The number of cyclic esters (lactones) is 1. The van der Waals surface area contributed by atoms with E-state index in [1.54, 1.807) is 6.08 Å². The lowest BCUT2D eigenvalue weighted by atomic mass is 9.62. The van der Waals surface area contributed by atoms with Gasteiger partial charge in [0.1, 0.15) is 0 Å². The van der Waals surface area contributed by atoms with Crippen LogP contribution >= 0.6 is 0 Å². The van der Waals surface area contributed by atoms with E-state index in [0.29, 0.717) is 5.92 Å². The molecule has 0 bridgehead atoms. The van der Waals surface area contributed by atoms with Crippen LogP contribution in [0.2, 0.25) is 0 Å². The van der Waals surface area contributed by atoms with Crippen molar-refractivity contribution in [2.24, 2.45) is 17.3 Å². The highest BCUT2D eigenvalue weighted by molar-refractivity contribution is 5.90. The Morgan fingerprint density at radius 2 is 2.12 bits per heavy atom. The van der Waals surface area contributed by atoms with E-state index >= 15 is 0 Å². The number of ether oxygens (including phenoxy) is 2. The third kappa shape index (κ3) is 5.18. The molecule has 4 atom stereocenters. The summed E-state index contributed by atoms with van der Waals surface area (Å²) < 4.78 is 10.1. The van der Waals surface area contributed by atoms with Crippen LogP contribution in [0.15, 0.2) is 23.8 Å². The van der Waals surface area contributed by atoms with Crippen molar-refractivity contribution in [3.63, 3.8) is 0 Å². The third-order valence-electron chi connectivity index (χ3n) is 5.81. The van der Waals surface area contributed by atoms with Gasteiger partial charge >= 0.3 is 5.97 Å². The molecule has 1 heterocycles. The van der Waals surface area contributed by atoms with Gasteiger partial charge in [0.05, 0.1) is 5.60 Å². The molecule has 1 aliphatic heterocycles. The van der Waals surface area contributed by atoms with E-state index in [1.165, 1.54) is 7.11 Å². The highest BCUT2D eigenvalue weighted by Gasteiger charge is 2.43. The summed E-state index contributed by atoms with van der Waals surface area (Å²) in [6.07, 6.45) is 11.5. The Labute approximate surface area is 152 Å². The van der Waals surface area contributed by atoms with Crippen molar-refractivity contribution in [1.82, 2.24) is 0 Å². The molecule has 1 saturated carbocycles. The number of esters is 1. The third-order valence-corrected chi connectivity index (χ3v) is 5.81. The first-order chi connectivity index (χ1) is 11.7. The van der Waals surface area contributed by atoms with Crippen LogP contribution in [-0.4, -0.2) is 30.1 Å². The Kier molecular flexibility index (Phi) is 6.50. The van der Waals surface area contributed by atoms with Crippen molar-refractivity contribution in [2.45, 2.75) is 78.1 Å². The van der Waals surface area contributed by atoms with Gasteiger partial charge in [-0.25, -0.2) is 4.79 Å². The number of hydrogen-bond acceptors (Lipinski definition) is 4. The maximum atomic E-state index is 11.7. The number of methoxy groups -OCH3 is 1. The number of allylic oxidation sites excluding steroid dienone is 1. The predicted octanol–water partition coefficient (Wildman–Crippen LogP) is 4.38. The van der Waals surface area contributed by atoms with Gasteiger partial charge in [0.15, 0.2) is 0 Å². The zero-order chi connectivity index (χ0) is 18.7. The Morgan fingerprint density at radius 1 is 1.40 bits per heavy atom. The van der Waals surface area contributed by atoms with Crippen LogP contribution in [0.5, 0.6) is 0 Å². The molecule has 2 aliphatic rings. The van der Waals surface area contributed by atoms with E-state index in [2.05, 4.69) is 32.9 Å². The molecule has 1 N–H and O–H groups in total. The van der Waals surface area contributed by atoms with Crippen molar-refractivity contribution in [2.75, 3.05) is 7.11 Å². The van der Waals surface area contributed by atoms with E-state index in [9.17, 15) is 9.90 Å². The Balaban J connectivity index is 1.84. The normalized spacial score (nSPS) is 33.4. The average Bonchev–Trinajstić information content (AvgIpc) is 2.86. The molecule has 0 aromatic heterocycles. The molecule has 0 aromatic rings. The average molecular weight is 350 g/mol. The molecule has 1 aliphatic carbocycles. The van der Waals surface area contributed by atoms with Crippen LogP contribution in [-0.2, 0) is 14.3 Å². The molecule has 0 aromatic carbocycles. The number of aliphatic hydroxyl groups is 1. The smallest absolute Gasteiger partial charge is 0.336 e. The molecule has 0 amide bonds. The van der Waals surface area contributed by atoms with E-state index in [4.69, 9.17) is 9.47 Å². The second-order valence-corrected chi connectivity index (χ2v) is 8.63. The minimum absolute atomic E-state index is 0.131. The largest absolute Gasteiger partial charge is 0.429 e. The fourth-order valence-electron chi connectivity index (χ4n) is 4.28. The summed E-state index contributed by atoms with van der Waals surface area (Å²) in [5.74, 6) is 0.353. The number of carbonyl (C=O) groups excluding carboxylic acids is 1. The molecule has 142 valence electrons. The first kappa shape index (κ1) is 20.2. The topological polar surface area (TPSA) is 55.8 Å². The van der Waals surface area contributed by atoms with Gasteiger partial charge in [-0.2, -0.15) is 0 Å². The molecule has 0 radical (unpaired) electrons. The van der Waals surface area contributed by atoms with Crippen LogP contribution in [0, 0.1) is 17.3 Å². The van der Waals surface area contributed by atoms with Crippen LogP contribution in [0.4, 0.5) is 0 Å². The first-order valence-corrected chi connectivity index (χ1v) is 9.51. The second-order valence-electron chi connectivity index (χ2n) is 8.63. The molecule has 2 rings (SSSR count). The van der Waals surface area contributed by atoms with Crippen LogP contribution in [0.1, 0.15) is 66.2 Å². The standard InChI is InChI=1S/C21H34O4/c1-15(8-6-9-16-14-18(24-5)25-19(16)22)10-11-17-20(2,3)12-7-13-21(17,4)23/h10-11,14-15,17-18,23H,6-9,12-13H2,1-5H3/b11-10+/t15-,17+,18+,21+/m1/s1. The molecule has 25 heavy (non-hydrogen) atoms. The summed E-state index contributed by atoms with van der Waals surface area (Å²) in [5, 5.41) is 10.8. The van der Waals surface area contributed by atoms with Gasteiger partial charge < -0.3 is 14.6 Å². The minimum atomic E-state index is -0.619. The molecular weight excluding hydrogens is 316 g/mol. The number of rotatable bonds is 7. The van der Waals surface area contributed by atoms with E-state index in [1.807, 2.05) is 6.92 Å². The summed E-state index contributed by atoms with van der Waals surface area (Å²) in [4.78, 5) is 11.7. The van der Waals surface area contributed by atoms with Crippen molar-refractivity contribution < 1.29 is 19.4 Å². The Hall–Kier alpha value is -1.13. The lowest BCUT2D eigenvalue weighted by Crippen LogP contribution is -2.46. The van der Waals surface area contributed by atoms with E-state index in [0.717, 1.165) is 44.1 Å². The monoisotopic (exact) mass is 350 g/mol. The SMILES string of the molecule is CO[C@@H]1C=C(CCC[C@@H](C)/C=C/[C@H]2C(C)(C)CCC[C@]2(C)O)C(=O)O1. The zero-order valence-electron chi connectivity index (χ0n) is 16.4. The summed E-state index contributed by atoms with van der Waals surface area (Å²) >= 11 is 0. The highest BCUT2D eigenvalue weighted by Crippen LogP contribution is 2.47.